The van der Waals surface area contributed by atoms with E-state index in [0.29, 0.717) is 32.5 Å². The minimum Gasteiger partial charge on any atom is -0.468 e. The Hall–Kier alpha value is -2.01. The average Bonchev–Trinajstić information content (AvgIpc) is 3.19. The van der Waals surface area contributed by atoms with Crippen molar-refractivity contribution in [1.29, 1.82) is 0 Å². The van der Waals surface area contributed by atoms with Crippen LogP contribution in [0.4, 0.5) is 4.79 Å². The standard InChI is InChI=1S/C21H35N5O5S/c1-21(2,3)31-20(29)25-11-7-15(8-12-25)26-19(17(22)28)32-18(23-26)14-5-9-24(10-6-14)13-16(27)30-4/h14-15,19H,5-13H2,1-4H3,(H2,22,28). The van der Waals surface area contributed by atoms with E-state index in [1.165, 1.54) is 18.9 Å². The highest BCUT2D eigenvalue weighted by molar-refractivity contribution is 8.15. The van der Waals surface area contributed by atoms with Crippen molar-refractivity contribution >= 4 is 34.8 Å². The molecule has 0 saturated carbocycles. The van der Waals surface area contributed by atoms with Gasteiger partial charge >= 0.3 is 12.1 Å². The number of hydrazone groups is 1. The number of thioether (sulfide) groups is 1. The molecule has 0 aromatic carbocycles. The molecule has 32 heavy (non-hydrogen) atoms. The fourth-order valence-electron chi connectivity index (χ4n) is 4.22. The molecule has 180 valence electrons. The predicted molar refractivity (Wildman–Crippen MR) is 122 cm³/mol. The number of hydrogen-bond acceptors (Lipinski definition) is 9. The Morgan fingerprint density at radius 3 is 2.25 bits per heavy atom. The molecule has 3 heterocycles. The molecule has 1 atom stereocenters. The summed E-state index contributed by atoms with van der Waals surface area (Å²) in [5, 5.41) is 7.12. The number of carbonyl (C=O) groups is 3. The van der Waals surface area contributed by atoms with Crippen molar-refractivity contribution < 1.29 is 23.9 Å². The molecule has 1 unspecified atom stereocenters. The fourth-order valence-corrected chi connectivity index (χ4v) is 5.46. The minimum atomic E-state index is -0.526. The fraction of sp³-hybridized carbons (Fsp3) is 0.810. The Balaban J connectivity index is 1.57. The second-order valence-electron chi connectivity index (χ2n) is 9.52. The number of rotatable bonds is 5. The Morgan fingerprint density at radius 1 is 1.09 bits per heavy atom. The van der Waals surface area contributed by atoms with E-state index in [2.05, 4.69) is 4.90 Å². The number of hydrogen-bond donors (Lipinski definition) is 1. The molecular weight excluding hydrogens is 434 g/mol. The van der Waals surface area contributed by atoms with Crippen LogP contribution in [0.1, 0.15) is 46.5 Å². The highest BCUT2D eigenvalue weighted by Crippen LogP contribution is 2.37. The van der Waals surface area contributed by atoms with Gasteiger partial charge < -0.3 is 20.1 Å². The van der Waals surface area contributed by atoms with Crippen LogP contribution in [0.15, 0.2) is 5.10 Å². The first-order valence-electron chi connectivity index (χ1n) is 11.2. The molecule has 2 N–H and O–H groups in total. The molecule has 11 heteroatoms. The molecule has 2 saturated heterocycles. The molecule has 0 bridgehead atoms. The number of methoxy groups -OCH3 is 1. The number of likely N-dealkylation sites (tertiary alicyclic amines) is 2. The Bertz CT molecular complexity index is 739. The first-order chi connectivity index (χ1) is 15.1. The van der Waals surface area contributed by atoms with Gasteiger partial charge in [0, 0.05) is 19.0 Å². The minimum absolute atomic E-state index is 0.0515. The molecule has 10 nitrogen and oxygen atoms in total. The molecule has 3 aliphatic heterocycles. The number of amides is 2. The zero-order valence-electron chi connectivity index (χ0n) is 19.4. The highest BCUT2D eigenvalue weighted by atomic mass is 32.2. The van der Waals surface area contributed by atoms with Crippen LogP contribution in [0.25, 0.3) is 0 Å². The van der Waals surface area contributed by atoms with Crippen LogP contribution in [0.2, 0.25) is 0 Å². The monoisotopic (exact) mass is 469 g/mol. The summed E-state index contributed by atoms with van der Waals surface area (Å²) in [7, 11) is 1.40. The first kappa shape index (κ1) is 24.6. The van der Waals surface area contributed by atoms with E-state index in [4.69, 9.17) is 20.3 Å². The number of nitrogens with zero attached hydrogens (tertiary/aromatic N) is 4. The van der Waals surface area contributed by atoms with Crippen molar-refractivity contribution in [2.75, 3.05) is 39.8 Å². The van der Waals surface area contributed by atoms with Crippen molar-refractivity contribution in [3.8, 4) is 0 Å². The molecule has 0 aromatic heterocycles. The van der Waals surface area contributed by atoms with E-state index in [9.17, 15) is 14.4 Å². The van der Waals surface area contributed by atoms with E-state index in [1.54, 1.807) is 4.90 Å². The normalized spacial score (nSPS) is 23.8. The lowest BCUT2D eigenvalue weighted by atomic mass is 9.98. The molecule has 0 spiro atoms. The van der Waals surface area contributed by atoms with Gasteiger partial charge in [0.1, 0.15) is 5.60 Å². The Labute approximate surface area is 193 Å². The third kappa shape index (κ3) is 6.28. The molecule has 0 radical (unpaired) electrons. The summed E-state index contributed by atoms with van der Waals surface area (Å²) in [6, 6.07) is 0.0515. The number of nitrogens with two attached hydrogens (primary N) is 1. The first-order valence-corrected chi connectivity index (χ1v) is 12.0. The smallest absolute Gasteiger partial charge is 0.410 e. The number of carbonyl (C=O) groups excluding carboxylic acids is 3. The van der Waals surface area contributed by atoms with Crippen molar-refractivity contribution in [3.63, 3.8) is 0 Å². The number of esters is 1. The van der Waals surface area contributed by atoms with Gasteiger partial charge in [-0.1, -0.05) is 11.8 Å². The van der Waals surface area contributed by atoms with Crippen LogP contribution in [-0.2, 0) is 19.1 Å². The Kier molecular flexibility index (Phi) is 7.92. The topological polar surface area (TPSA) is 118 Å². The van der Waals surface area contributed by atoms with Crippen LogP contribution < -0.4 is 5.73 Å². The molecular formula is C21H35N5O5S. The largest absolute Gasteiger partial charge is 0.468 e. The average molecular weight is 470 g/mol. The van der Waals surface area contributed by atoms with Crippen LogP contribution in [-0.4, -0.2) is 94.7 Å². The number of ether oxygens (including phenoxy) is 2. The molecule has 2 fully saturated rings. The van der Waals surface area contributed by atoms with Crippen LogP contribution in [0.3, 0.4) is 0 Å². The number of piperidine rings is 2. The SMILES string of the molecule is COC(=O)CN1CCC(C2=NN(C3CCN(C(=O)OC(C)(C)C)CC3)C(C(N)=O)S2)CC1. The summed E-state index contributed by atoms with van der Waals surface area (Å²) >= 11 is 1.45. The predicted octanol–water partition coefficient (Wildman–Crippen LogP) is 1.44. The number of primary amides is 1. The van der Waals surface area contributed by atoms with Gasteiger partial charge in [-0.2, -0.15) is 5.10 Å². The van der Waals surface area contributed by atoms with Crippen molar-refractivity contribution in [2.45, 2.75) is 63.5 Å². The third-order valence-corrected chi connectivity index (χ3v) is 7.27. The third-order valence-electron chi connectivity index (χ3n) is 5.94. The van der Waals surface area contributed by atoms with Crippen molar-refractivity contribution in [2.24, 2.45) is 16.8 Å². The van der Waals surface area contributed by atoms with Crippen LogP contribution >= 0.6 is 11.8 Å². The maximum absolute atomic E-state index is 12.3. The second kappa shape index (κ2) is 10.3. The van der Waals surface area contributed by atoms with Gasteiger partial charge in [0.15, 0.2) is 5.37 Å². The highest BCUT2D eigenvalue weighted by Gasteiger charge is 2.41. The van der Waals surface area contributed by atoms with E-state index < -0.39 is 16.9 Å². The second-order valence-corrected chi connectivity index (χ2v) is 10.6. The van der Waals surface area contributed by atoms with Crippen LogP contribution in [0, 0.1) is 5.92 Å². The van der Waals surface area contributed by atoms with Gasteiger partial charge in [-0.05, 0) is 59.5 Å². The van der Waals surface area contributed by atoms with Gasteiger partial charge in [0.05, 0.1) is 24.7 Å². The zero-order valence-corrected chi connectivity index (χ0v) is 20.2. The summed E-state index contributed by atoms with van der Waals surface area (Å²) in [5.41, 5.74) is 5.18. The maximum Gasteiger partial charge on any atom is 0.410 e. The lowest BCUT2D eigenvalue weighted by molar-refractivity contribution is -0.142. The lowest BCUT2D eigenvalue weighted by Gasteiger charge is -2.37. The molecule has 0 aliphatic carbocycles. The summed E-state index contributed by atoms with van der Waals surface area (Å²) in [5.74, 6) is -0.372. The molecule has 0 aromatic rings. The molecule has 2 amide bonds. The molecule has 3 aliphatic rings. The van der Waals surface area contributed by atoms with Gasteiger partial charge in [-0.3, -0.25) is 19.5 Å². The van der Waals surface area contributed by atoms with E-state index >= 15 is 0 Å². The quantitative estimate of drug-likeness (QED) is 0.601. The van der Waals surface area contributed by atoms with Crippen molar-refractivity contribution in [1.82, 2.24) is 14.8 Å². The van der Waals surface area contributed by atoms with Gasteiger partial charge in [0.2, 0.25) is 0 Å². The Morgan fingerprint density at radius 2 is 1.72 bits per heavy atom. The summed E-state index contributed by atoms with van der Waals surface area (Å²) in [4.78, 5) is 39.8. The van der Waals surface area contributed by atoms with Gasteiger partial charge in [-0.15, -0.1) is 0 Å². The van der Waals surface area contributed by atoms with Gasteiger partial charge in [0.25, 0.3) is 5.91 Å². The van der Waals surface area contributed by atoms with Gasteiger partial charge in [-0.25, -0.2) is 4.79 Å². The van der Waals surface area contributed by atoms with E-state index in [1.807, 2.05) is 25.8 Å². The summed E-state index contributed by atoms with van der Waals surface area (Å²) in [6.45, 7) is 8.55. The zero-order chi connectivity index (χ0) is 23.5. The van der Waals surface area contributed by atoms with E-state index in [-0.39, 0.29) is 24.0 Å². The molecule has 3 rings (SSSR count). The maximum atomic E-state index is 12.3. The summed E-state index contributed by atoms with van der Waals surface area (Å²) in [6.07, 6.45) is 2.86. The van der Waals surface area contributed by atoms with Crippen LogP contribution in [0.5, 0.6) is 0 Å². The van der Waals surface area contributed by atoms with Crippen molar-refractivity contribution in [3.05, 3.63) is 0 Å². The summed E-state index contributed by atoms with van der Waals surface area (Å²) < 4.78 is 10.2. The lowest BCUT2D eigenvalue weighted by Crippen LogP contribution is -2.50. The van der Waals surface area contributed by atoms with E-state index in [0.717, 1.165) is 31.0 Å².